The highest BCUT2D eigenvalue weighted by Crippen LogP contribution is 2.35. The summed E-state index contributed by atoms with van der Waals surface area (Å²) in [5.74, 6) is 0.338. The number of rotatable bonds is 6. The molecule has 0 atom stereocenters. The number of halogens is 1. The van der Waals surface area contributed by atoms with E-state index in [0.29, 0.717) is 28.6 Å². The summed E-state index contributed by atoms with van der Waals surface area (Å²) in [5, 5.41) is 3.47. The molecule has 1 aromatic heterocycles. The summed E-state index contributed by atoms with van der Waals surface area (Å²) in [7, 11) is 1.71. The summed E-state index contributed by atoms with van der Waals surface area (Å²) in [5.41, 5.74) is 1.07. The molecule has 0 aliphatic rings. The van der Waals surface area contributed by atoms with Crippen LogP contribution < -0.4 is 5.32 Å². The van der Waals surface area contributed by atoms with Crippen LogP contribution in [0.4, 0.5) is 5.69 Å². The smallest absolute Gasteiger partial charge is 0.254 e. The van der Waals surface area contributed by atoms with Gasteiger partial charge in [0.25, 0.3) is 5.91 Å². The van der Waals surface area contributed by atoms with Crippen LogP contribution in [-0.4, -0.2) is 23.8 Å². The Kier molecular flexibility index (Phi) is 6.44. The van der Waals surface area contributed by atoms with Gasteiger partial charge in [-0.25, -0.2) is 0 Å². The molecule has 2 aromatic carbocycles. The van der Waals surface area contributed by atoms with Gasteiger partial charge in [-0.05, 0) is 54.6 Å². The zero-order valence-electron chi connectivity index (χ0n) is 15.4. The maximum Gasteiger partial charge on any atom is 0.254 e. The third kappa shape index (κ3) is 5.18. The topological polar surface area (TPSA) is 62.6 Å². The van der Waals surface area contributed by atoms with E-state index >= 15 is 0 Å². The number of benzene rings is 2. The van der Waals surface area contributed by atoms with Gasteiger partial charge in [-0.2, -0.15) is 0 Å². The van der Waals surface area contributed by atoms with Gasteiger partial charge < -0.3 is 14.6 Å². The molecule has 0 radical (unpaired) electrons. The number of hydrogen-bond acceptors (Lipinski definition) is 4. The summed E-state index contributed by atoms with van der Waals surface area (Å²) in [6.45, 7) is 1.80. The molecule has 0 saturated heterocycles. The van der Waals surface area contributed by atoms with E-state index < -0.39 is 0 Å². The van der Waals surface area contributed by atoms with Gasteiger partial charge in [-0.1, -0.05) is 23.4 Å². The molecule has 144 valence electrons. The molecule has 0 saturated carbocycles. The van der Waals surface area contributed by atoms with E-state index in [9.17, 15) is 9.59 Å². The van der Waals surface area contributed by atoms with E-state index in [-0.39, 0.29) is 11.8 Å². The number of nitrogens with zero attached hydrogens (tertiary/aromatic N) is 1. The molecular formula is C21H19ClN2O3S. The predicted octanol–water partition coefficient (Wildman–Crippen LogP) is 5.31. The Morgan fingerprint density at radius 3 is 2.54 bits per heavy atom. The Bertz CT molecular complexity index is 972. The van der Waals surface area contributed by atoms with Gasteiger partial charge in [-0.3, -0.25) is 9.59 Å². The van der Waals surface area contributed by atoms with E-state index in [1.807, 2.05) is 36.4 Å². The minimum Gasteiger partial charge on any atom is -0.467 e. The molecule has 1 N–H and O–H groups in total. The third-order valence-electron chi connectivity index (χ3n) is 3.90. The summed E-state index contributed by atoms with van der Waals surface area (Å²) >= 11 is 7.42. The average molecular weight is 415 g/mol. The third-order valence-corrected chi connectivity index (χ3v) is 5.23. The lowest BCUT2D eigenvalue weighted by atomic mass is 10.1. The van der Waals surface area contributed by atoms with Crippen LogP contribution in [0.5, 0.6) is 0 Å². The second-order valence-electron chi connectivity index (χ2n) is 6.19. The van der Waals surface area contributed by atoms with Gasteiger partial charge in [0.2, 0.25) is 5.91 Å². The number of carbonyl (C=O) groups is 2. The highest BCUT2D eigenvalue weighted by atomic mass is 35.5. The summed E-state index contributed by atoms with van der Waals surface area (Å²) in [4.78, 5) is 27.8. The van der Waals surface area contributed by atoms with Crippen LogP contribution in [0.25, 0.3) is 0 Å². The van der Waals surface area contributed by atoms with Gasteiger partial charge in [0, 0.05) is 34.3 Å². The van der Waals surface area contributed by atoms with Crippen LogP contribution >= 0.6 is 23.4 Å². The molecule has 0 unspecified atom stereocenters. The molecule has 0 fully saturated rings. The molecule has 2 amide bonds. The highest BCUT2D eigenvalue weighted by Gasteiger charge is 2.16. The van der Waals surface area contributed by atoms with Crippen molar-refractivity contribution in [2.75, 3.05) is 12.4 Å². The molecule has 1 heterocycles. The van der Waals surface area contributed by atoms with Gasteiger partial charge in [-0.15, -0.1) is 0 Å². The number of carbonyl (C=O) groups excluding carboxylic acids is 2. The van der Waals surface area contributed by atoms with Crippen LogP contribution in [0.15, 0.2) is 75.1 Å². The molecule has 28 heavy (non-hydrogen) atoms. The molecular weight excluding hydrogens is 396 g/mol. The Morgan fingerprint density at radius 2 is 1.89 bits per heavy atom. The predicted molar refractivity (Wildman–Crippen MR) is 111 cm³/mol. The number of furan rings is 1. The van der Waals surface area contributed by atoms with Crippen molar-refractivity contribution >= 4 is 40.9 Å². The van der Waals surface area contributed by atoms with E-state index in [1.54, 1.807) is 36.4 Å². The Balaban J connectivity index is 1.83. The second kappa shape index (κ2) is 8.99. The summed E-state index contributed by atoms with van der Waals surface area (Å²) in [6.07, 6.45) is 1.57. The van der Waals surface area contributed by atoms with Crippen LogP contribution in [0, 0.1) is 0 Å². The van der Waals surface area contributed by atoms with Crippen molar-refractivity contribution in [1.29, 1.82) is 0 Å². The fraction of sp³-hybridized carbons (Fsp3) is 0.143. The van der Waals surface area contributed by atoms with Gasteiger partial charge in [0.05, 0.1) is 18.5 Å². The van der Waals surface area contributed by atoms with Crippen molar-refractivity contribution in [1.82, 2.24) is 4.90 Å². The van der Waals surface area contributed by atoms with Crippen LogP contribution in [0.2, 0.25) is 5.02 Å². The Labute approximate surface area is 172 Å². The maximum atomic E-state index is 12.8. The molecule has 3 rings (SSSR count). The monoisotopic (exact) mass is 414 g/mol. The minimum atomic E-state index is -0.202. The van der Waals surface area contributed by atoms with Crippen molar-refractivity contribution in [3.05, 3.63) is 77.2 Å². The standard InChI is InChI=1S/C21H19ClN2O3S/c1-14(25)23-19-12-15(21(26)24(2)13-17-4-3-11-27-17)5-10-20(19)28-18-8-6-16(22)7-9-18/h3-12H,13H2,1-2H3,(H,23,25). The molecule has 0 spiro atoms. The quantitative estimate of drug-likeness (QED) is 0.593. The lowest BCUT2D eigenvalue weighted by molar-refractivity contribution is -0.114. The average Bonchev–Trinajstić information content (AvgIpc) is 3.17. The van der Waals surface area contributed by atoms with Crippen LogP contribution in [0.3, 0.4) is 0 Å². The van der Waals surface area contributed by atoms with E-state index in [1.165, 1.54) is 18.7 Å². The maximum absolute atomic E-state index is 12.8. The number of amides is 2. The molecule has 0 bridgehead atoms. The lowest BCUT2D eigenvalue weighted by Crippen LogP contribution is -2.26. The van der Waals surface area contributed by atoms with Crippen LogP contribution in [-0.2, 0) is 11.3 Å². The Morgan fingerprint density at radius 1 is 1.14 bits per heavy atom. The van der Waals surface area contributed by atoms with Crippen molar-refractivity contribution in [2.24, 2.45) is 0 Å². The lowest BCUT2D eigenvalue weighted by Gasteiger charge is -2.17. The van der Waals surface area contributed by atoms with Crippen LogP contribution in [0.1, 0.15) is 23.0 Å². The van der Waals surface area contributed by atoms with Gasteiger partial charge >= 0.3 is 0 Å². The normalized spacial score (nSPS) is 10.5. The zero-order chi connectivity index (χ0) is 20.1. The fourth-order valence-electron chi connectivity index (χ4n) is 2.60. The molecule has 0 aliphatic carbocycles. The zero-order valence-corrected chi connectivity index (χ0v) is 17.0. The van der Waals surface area contributed by atoms with Crippen molar-refractivity contribution < 1.29 is 14.0 Å². The molecule has 7 heteroatoms. The number of anilines is 1. The molecule has 5 nitrogen and oxygen atoms in total. The number of hydrogen-bond donors (Lipinski definition) is 1. The van der Waals surface area contributed by atoms with E-state index in [2.05, 4.69) is 5.32 Å². The fourth-order valence-corrected chi connectivity index (χ4v) is 3.61. The highest BCUT2D eigenvalue weighted by molar-refractivity contribution is 7.99. The van der Waals surface area contributed by atoms with Gasteiger partial charge in [0.15, 0.2) is 0 Å². The number of nitrogens with one attached hydrogen (secondary N) is 1. The SMILES string of the molecule is CC(=O)Nc1cc(C(=O)N(C)Cc2ccco2)ccc1Sc1ccc(Cl)cc1. The van der Waals surface area contributed by atoms with Gasteiger partial charge in [0.1, 0.15) is 5.76 Å². The van der Waals surface area contributed by atoms with E-state index in [4.69, 9.17) is 16.0 Å². The van der Waals surface area contributed by atoms with Crippen molar-refractivity contribution in [3.63, 3.8) is 0 Å². The molecule has 0 aliphatic heterocycles. The van der Waals surface area contributed by atoms with E-state index in [0.717, 1.165) is 9.79 Å². The summed E-state index contributed by atoms with van der Waals surface area (Å²) in [6, 6.07) is 16.3. The van der Waals surface area contributed by atoms with Crippen molar-refractivity contribution in [3.8, 4) is 0 Å². The largest absolute Gasteiger partial charge is 0.467 e. The first kappa shape index (κ1) is 20.0. The second-order valence-corrected chi connectivity index (χ2v) is 7.74. The minimum absolute atomic E-state index is 0.161. The first-order valence-corrected chi connectivity index (χ1v) is 9.75. The summed E-state index contributed by atoms with van der Waals surface area (Å²) < 4.78 is 5.30. The first-order chi connectivity index (χ1) is 13.4. The van der Waals surface area contributed by atoms with Crippen molar-refractivity contribution in [2.45, 2.75) is 23.3 Å². The Hall–Kier alpha value is -2.70. The first-order valence-electron chi connectivity index (χ1n) is 8.55. The molecule has 3 aromatic rings.